The van der Waals surface area contributed by atoms with Gasteiger partial charge >= 0.3 is 0 Å². The van der Waals surface area contributed by atoms with E-state index in [-0.39, 0.29) is 6.61 Å². The highest BCUT2D eigenvalue weighted by molar-refractivity contribution is 5.39. The Hall–Kier alpha value is -2.08. The fourth-order valence-corrected chi connectivity index (χ4v) is 3.25. The molecule has 1 aliphatic rings. The highest BCUT2D eigenvalue weighted by atomic mass is 16.5. The molecule has 0 unspecified atom stereocenters. The molecular weight excluding hydrogens is 330 g/mol. The SMILES string of the molecule is CCOCc1cc(CN2CCOc3ccc(CO)cc3C2)ccc1OC. The van der Waals surface area contributed by atoms with Gasteiger partial charge in [0.05, 0.1) is 20.3 Å². The number of ether oxygens (including phenoxy) is 3. The monoisotopic (exact) mass is 357 g/mol. The van der Waals surface area contributed by atoms with Gasteiger partial charge in [0.15, 0.2) is 0 Å². The summed E-state index contributed by atoms with van der Waals surface area (Å²) in [5.41, 5.74) is 4.33. The van der Waals surface area contributed by atoms with Gasteiger partial charge in [-0.2, -0.15) is 0 Å². The average molecular weight is 357 g/mol. The Morgan fingerprint density at radius 3 is 2.77 bits per heavy atom. The molecule has 0 bridgehead atoms. The predicted octanol–water partition coefficient (Wildman–Crippen LogP) is 3.12. The van der Waals surface area contributed by atoms with Crippen LogP contribution in [0.4, 0.5) is 0 Å². The number of rotatable bonds is 7. The van der Waals surface area contributed by atoms with E-state index < -0.39 is 0 Å². The summed E-state index contributed by atoms with van der Waals surface area (Å²) in [4.78, 5) is 2.36. The zero-order valence-corrected chi connectivity index (χ0v) is 15.5. The molecule has 1 heterocycles. The van der Waals surface area contributed by atoms with Crippen LogP contribution in [0.5, 0.6) is 11.5 Å². The van der Waals surface area contributed by atoms with Crippen molar-refractivity contribution in [2.45, 2.75) is 33.2 Å². The maximum Gasteiger partial charge on any atom is 0.124 e. The number of aliphatic hydroxyl groups is 1. The third kappa shape index (κ3) is 4.55. The van der Waals surface area contributed by atoms with Crippen LogP contribution >= 0.6 is 0 Å². The van der Waals surface area contributed by atoms with Crippen LogP contribution in [0, 0.1) is 0 Å². The molecule has 5 heteroatoms. The van der Waals surface area contributed by atoms with E-state index in [9.17, 15) is 5.11 Å². The molecule has 2 aromatic carbocycles. The van der Waals surface area contributed by atoms with Gasteiger partial charge in [0.25, 0.3) is 0 Å². The molecule has 0 saturated heterocycles. The first-order valence-electron chi connectivity index (χ1n) is 9.04. The van der Waals surface area contributed by atoms with Gasteiger partial charge < -0.3 is 19.3 Å². The summed E-state index contributed by atoms with van der Waals surface area (Å²) in [6.45, 7) is 6.42. The smallest absolute Gasteiger partial charge is 0.124 e. The van der Waals surface area contributed by atoms with E-state index >= 15 is 0 Å². The third-order valence-corrected chi connectivity index (χ3v) is 4.58. The van der Waals surface area contributed by atoms with Crippen molar-refractivity contribution in [1.82, 2.24) is 4.90 Å². The van der Waals surface area contributed by atoms with Gasteiger partial charge in [0, 0.05) is 37.4 Å². The zero-order chi connectivity index (χ0) is 18.4. The molecule has 0 aromatic heterocycles. The van der Waals surface area contributed by atoms with Gasteiger partial charge in [-0.25, -0.2) is 0 Å². The van der Waals surface area contributed by atoms with Crippen molar-refractivity contribution in [3.05, 3.63) is 58.7 Å². The average Bonchev–Trinajstić information content (AvgIpc) is 2.87. The molecule has 2 aromatic rings. The number of fused-ring (bicyclic) bond motifs is 1. The van der Waals surface area contributed by atoms with Crippen molar-refractivity contribution in [3.63, 3.8) is 0 Å². The van der Waals surface area contributed by atoms with Crippen LogP contribution in [0.15, 0.2) is 36.4 Å². The second-order valence-corrected chi connectivity index (χ2v) is 6.44. The van der Waals surface area contributed by atoms with Crippen LogP contribution in [0.3, 0.4) is 0 Å². The largest absolute Gasteiger partial charge is 0.496 e. The maximum absolute atomic E-state index is 9.38. The van der Waals surface area contributed by atoms with E-state index in [0.717, 1.165) is 47.8 Å². The van der Waals surface area contributed by atoms with Crippen molar-refractivity contribution in [3.8, 4) is 11.5 Å². The minimum absolute atomic E-state index is 0.0482. The number of aliphatic hydroxyl groups excluding tert-OH is 1. The molecule has 0 saturated carbocycles. The Bertz CT molecular complexity index is 732. The van der Waals surface area contributed by atoms with E-state index in [1.165, 1.54) is 5.56 Å². The van der Waals surface area contributed by atoms with Crippen LogP contribution in [-0.2, 0) is 31.0 Å². The first-order valence-corrected chi connectivity index (χ1v) is 9.04. The second kappa shape index (κ2) is 9.03. The van der Waals surface area contributed by atoms with Gasteiger partial charge in [-0.1, -0.05) is 12.1 Å². The number of hydrogen-bond donors (Lipinski definition) is 1. The molecule has 26 heavy (non-hydrogen) atoms. The zero-order valence-electron chi connectivity index (χ0n) is 15.5. The normalized spacial score (nSPS) is 14.4. The lowest BCUT2D eigenvalue weighted by atomic mass is 10.1. The Morgan fingerprint density at radius 2 is 2.00 bits per heavy atom. The molecule has 0 fully saturated rings. The molecule has 1 aliphatic heterocycles. The third-order valence-electron chi connectivity index (χ3n) is 4.58. The van der Waals surface area contributed by atoms with Crippen molar-refractivity contribution in [1.29, 1.82) is 0 Å². The lowest BCUT2D eigenvalue weighted by Crippen LogP contribution is -2.25. The molecule has 0 atom stereocenters. The second-order valence-electron chi connectivity index (χ2n) is 6.44. The van der Waals surface area contributed by atoms with Crippen LogP contribution < -0.4 is 9.47 Å². The lowest BCUT2D eigenvalue weighted by Gasteiger charge is -2.20. The highest BCUT2D eigenvalue weighted by Gasteiger charge is 2.16. The fraction of sp³-hybridized carbons (Fsp3) is 0.429. The lowest BCUT2D eigenvalue weighted by molar-refractivity contribution is 0.132. The summed E-state index contributed by atoms with van der Waals surface area (Å²) in [5.74, 6) is 1.77. The van der Waals surface area contributed by atoms with Crippen molar-refractivity contribution in [2.75, 3.05) is 26.9 Å². The van der Waals surface area contributed by atoms with Gasteiger partial charge in [0.1, 0.15) is 18.1 Å². The quantitative estimate of drug-likeness (QED) is 0.825. The highest BCUT2D eigenvalue weighted by Crippen LogP contribution is 2.26. The van der Waals surface area contributed by atoms with Gasteiger partial charge in [-0.3, -0.25) is 4.90 Å². The fourth-order valence-electron chi connectivity index (χ4n) is 3.25. The van der Waals surface area contributed by atoms with Crippen LogP contribution in [0.1, 0.15) is 29.2 Å². The number of hydrogen-bond acceptors (Lipinski definition) is 5. The summed E-state index contributed by atoms with van der Waals surface area (Å²) in [6.07, 6.45) is 0. The minimum Gasteiger partial charge on any atom is -0.496 e. The van der Waals surface area contributed by atoms with Crippen molar-refractivity contribution < 1.29 is 19.3 Å². The topological polar surface area (TPSA) is 51.2 Å². The Labute approximate surface area is 155 Å². The summed E-state index contributed by atoms with van der Waals surface area (Å²) < 4.78 is 16.9. The Morgan fingerprint density at radius 1 is 1.15 bits per heavy atom. The van der Waals surface area contributed by atoms with E-state index in [1.54, 1.807) is 7.11 Å². The van der Waals surface area contributed by atoms with E-state index in [0.29, 0.717) is 19.8 Å². The summed E-state index contributed by atoms with van der Waals surface area (Å²) >= 11 is 0. The molecule has 0 aliphatic carbocycles. The summed E-state index contributed by atoms with van der Waals surface area (Å²) in [6, 6.07) is 12.2. The number of benzene rings is 2. The maximum atomic E-state index is 9.38. The molecule has 0 amide bonds. The van der Waals surface area contributed by atoms with E-state index in [2.05, 4.69) is 17.0 Å². The van der Waals surface area contributed by atoms with Crippen molar-refractivity contribution in [2.24, 2.45) is 0 Å². The van der Waals surface area contributed by atoms with Crippen LogP contribution in [0.25, 0.3) is 0 Å². The summed E-state index contributed by atoms with van der Waals surface area (Å²) in [7, 11) is 1.69. The van der Waals surface area contributed by atoms with Crippen molar-refractivity contribution >= 4 is 0 Å². The summed E-state index contributed by atoms with van der Waals surface area (Å²) in [5, 5.41) is 9.38. The van der Waals surface area contributed by atoms with E-state index in [1.807, 2.05) is 31.2 Å². The predicted molar refractivity (Wildman–Crippen MR) is 100 cm³/mol. The molecule has 3 rings (SSSR count). The van der Waals surface area contributed by atoms with Gasteiger partial charge in [0.2, 0.25) is 0 Å². The number of methoxy groups -OCH3 is 1. The standard InChI is InChI=1S/C21H27NO4/c1-3-25-15-19-10-16(4-6-20(19)24-2)12-22-8-9-26-21-7-5-17(14-23)11-18(21)13-22/h4-7,10-11,23H,3,8-9,12-15H2,1-2H3. The first-order chi connectivity index (χ1) is 12.7. The van der Waals surface area contributed by atoms with Crippen LogP contribution in [0.2, 0.25) is 0 Å². The number of nitrogens with zero attached hydrogens (tertiary/aromatic N) is 1. The minimum atomic E-state index is 0.0482. The van der Waals surface area contributed by atoms with Crippen LogP contribution in [-0.4, -0.2) is 36.9 Å². The Balaban J connectivity index is 1.75. The van der Waals surface area contributed by atoms with Gasteiger partial charge in [-0.15, -0.1) is 0 Å². The molecule has 0 spiro atoms. The van der Waals surface area contributed by atoms with Gasteiger partial charge in [-0.05, 0) is 42.3 Å². The molecule has 0 radical (unpaired) electrons. The Kier molecular flexibility index (Phi) is 6.50. The molecule has 140 valence electrons. The molecule has 5 nitrogen and oxygen atoms in total. The molecular formula is C21H27NO4. The first kappa shape index (κ1) is 18.7. The van der Waals surface area contributed by atoms with E-state index in [4.69, 9.17) is 14.2 Å². The molecule has 1 N–H and O–H groups in total.